The molecule has 1 rings (SSSR count). The number of sulfone groups is 1. The van der Waals surface area contributed by atoms with Crippen LogP contribution in [-0.2, 0) is 21.1 Å². The Hall–Kier alpha value is -2.12. The summed E-state index contributed by atoms with van der Waals surface area (Å²) in [4.78, 5) is 9.00. The second-order valence-corrected chi connectivity index (χ2v) is 6.39. The van der Waals surface area contributed by atoms with Gasteiger partial charge in [-0.05, 0) is 37.1 Å². The SMILES string of the molecule is CS(=O)(=O)c1cc(CCCN)ccc1C#N.O=C(O)C(F)(F)F. The second-order valence-electron chi connectivity index (χ2n) is 4.41. The Morgan fingerprint density at radius 3 is 2.26 bits per heavy atom. The first-order chi connectivity index (χ1) is 10.4. The summed E-state index contributed by atoms with van der Waals surface area (Å²) in [5.74, 6) is -2.76. The zero-order chi connectivity index (χ0) is 18.3. The van der Waals surface area contributed by atoms with Crippen molar-refractivity contribution >= 4 is 15.8 Å². The van der Waals surface area contributed by atoms with Gasteiger partial charge in [-0.25, -0.2) is 13.2 Å². The van der Waals surface area contributed by atoms with Crippen LogP contribution in [0.4, 0.5) is 13.2 Å². The van der Waals surface area contributed by atoms with Crippen LogP contribution < -0.4 is 5.73 Å². The molecular formula is C13H15F3N2O4S. The summed E-state index contributed by atoms with van der Waals surface area (Å²) in [6.07, 6.45) is -2.45. The van der Waals surface area contributed by atoms with Crippen LogP contribution >= 0.6 is 0 Å². The van der Waals surface area contributed by atoms with Gasteiger partial charge in [0.15, 0.2) is 9.84 Å². The first-order valence-electron chi connectivity index (χ1n) is 6.16. The molecule has 0 heterocycles. The van der Waals surface area contributed by atoms with Gasteiger partial charge in [-0.15, -0.1) is 0 Å². The van der Waals surface area contributed by atoms with Crippen LogP contribution in [0.15, 0.2) is 23.1 Å². The molecule has 0 atom stereocenters. The lowest BCUT2D eigenvalue weighted by Gasteiger charge is -2.05. The van der Waals surface area contributed by atoms with Gasteiger partial charge in [0.25, 0.3) is 0 Å². The summed E-state index contributed by atoms with van der Waals surface area (Å²) in [6.45, 7) is 0.564. The number of carboxylic acids is 1. The van der Waals surface area contributed by atoms with Crippen molar-refractivity contribution in [3.05, 3.63) is 29.3 Å². The summed E-state index contributed by atoms with van der Waals surface area (Å²) in [7, 11) is -3.35. The zero-order valence-electron chi connectivity index (χ0n) is 12.1. The second kappa shape index (κ2) is 8.50. The van der Waals surface area contributed by atoms with Crippen LogP contribution in [0.2, 0.25) is 0 Å². The molecule has 0 aliphatic heterocycles. The molecule has 0 radical (unpaired) electrons. The van der Waals surface area contributed by atoms with E-state index in [1.807, 2.05) is 6.07 Å². The fourth-order valence-corrected chi connectivity index (χ4v) is 2.31. The third kappa shape index (κ3) is 7.62. The Balaban J connectivity index is 0.000000585. The lowest BCUT2D eigenvalue weighted by molar-refractivity contribution is -0.192. The van der Waals surface area contributed by atoms with E-state index in [4.69, 9.17) is 20.9 Å². The number of aryl methyl sites for hydroxylation is 1. The molecule has 0 bridgehead atoms. The lowest BCUT2D eigenvalue weighted by Crippen LogP contribution is -2.21. The first kappa shape index (κ1) is 20.9. The minimum atomic E-state index is -5.08. The molecule has 3 N–H and O–H groups in total. The van der Waals surface area contributed by atoms with E-state index >= 15 is 0 Å². The number of nitrogens with zero attached hydrogens (tertiary/aromatic N) is 1. The highest BCUT2D eigenvalue weighted by Gasteiger charge is 2.38. The van der Waals surface area contributed by atoms with Gasteiger partial charge in [0, 0.05) is 6.26 Å². The van der Waals surface area contributed by atoms with Crippen molar-refractivity contribution in [3.8, 4) is 6.07 Å². The maximum atomic E-state index is 11.5. The van der Waals surface area contributed by atoms with Crippen molar-refractivity contribution in [1.82, 2.24) is 0 Å². The van der Waals surface area contributed by atoms with Crippen molar-refractivity contribution in [2.45, 2.75) is 23.9 Å². The maximum absolute atomic E-state index is 11.5. The number of carbonyl (C=O) groups is 1. The number of benzene rings is 1. The van der Waals surface area contributed by atoms with E-state index in [1.54, 1.807) is 18.2 Å². The number of halogens is 3. The molecule has 1 aromatic carbocycles. The van der Waals surface area contributed by atoms with Crippen LogP contribution in [0, 0.1) is 11.3 Å². The quantitative estimate of drug-likeness (QED) is 0.847. The summed E-state index contributed by atoms with van der Waals surface area (Å²) in [6, 6.07) is 6.75. The summed E-state index contributed by atoms with van der Waals surface area (Å²) >= 11 is 0. The number of nitrogens with two attached hydrogens (primary N) is 1. The van der Waals surface area contributed by atoms with E-state index < -0.39 is 22.0 Å². The molecule has 128 valence electrons. The van der Waals surface area contributed by atoms with Gasteiger partial charge in [0.05, 0.1) is 10.5 Å². The minimum absolute atomic E-state index is 0.101. The Labute approximate surface area is 131 Å². The van der Waals surface area contributed by atoms with Crippen molar-refractivity contribution in [3.63, 3.8) is 0 Å². The normalized spacial score (nSPS) is 11.1. The van der Waals surface area contributed by atoms with Gasteiger partial charge in [-0.3, -0.25) is 0 Å². The summed E-state index contributed by atoms with van der Waals surface area (Å²) in [5, 5.41) is 15.9. The van der Waals surface area contributed by atoms with E-state index in [-0.39, 0.29) is 10.5 Å². The first-order valence-corrected chi connectivity index (χ1v) is 8.06. The van der Waals surface area contributed by atoms with Crippen LogP contribution in [0.5, 0.6) is 0 Å². The van der Waals surface area contributed by atoms with E-state index in [9.17, 15) is 21.6 Å². The fourth-order valence-electron chi connectivity index (χ4n) is 1.43. The predicted octanol–water partition coefficient (Wildman–Crippen LogP) is 1.49. The molecule has 0 aliphatic carbocycles. The van der Waals surface area contributed by atoms with Crippen molar-refractivity contribution in [2.75, 3.05) is 12.8 Å². The van der Waals surface area contributed by atoms with Gasteiger partial charge in [-0.1, -0.05) is 6.07 Å². The maximum Gasteiger partial charge on any atom is 0.490 e. The molecule has 0 aliphatic rings. The Morgan fingerprint density at radius 2 is 1.91 bits per heavy atom. The molecule has 0 spiro atoms. The number of hydrogen-bond acceptors (Lipinski definition) is 5. The highest BCUT2D eigenvalue weighted by atomic mass is 32.2. The number of rotatable bonds is 4. The largest absolute Gasteiger partial charge is 0.490 e. The van der Waals surface area contributed by atoms with Crippen molar-refractivity contribution in [2.24, 2.45) is 5.73 Å². The third-order valence-corrected chi connectivity index (χ3v) is 3.61. The molecule has 6 nitrogen and oxygen atoms in total. The van der Waals surface area contributed by atoms with E-state index in [0.717, 1.165) is 24.7 Å². The molecule has 1 aromatic rings. The van der Waals surface area contributed by atoms with Crippen molar-refractivity contribution in [1.29, 1.82) is 5.26 Å². The van der Waals surface area contributed by atoms with Crippen molar-refractivity contribution < 1.29 is 31.5 Å². The average Bonchev–Trinajstić information content (AvgIpc) is 2.43. The Morgan fingerprint density at radius 1 is 1.39 bits per heavy atom. The van der Waals surface area contributed by atoms with E-state index in [2.05, 4.69) is 0 Å². The molecule has 0 amide bonds. The molecule has 0 saturated carbocycles. The topological polar surface area (TPSA) is 121 Å². The average molecular weight is 352 g/mol. The van der Waals surface area contributed by atoms with Gasteiger partial charge < -0.3 is 10.8 Å². The Bertz CT molecular complexity index is 694. The summed E-state index contributed by atoms with van der Waals surface area (Å²) < 4.78 is 54.7. The molecule has 0 saturated heterocycles. The number of carboxylic acid groups (broad SMARTS) is 1. The highest BCUT2D eigenvalue weighted by molar-refractivity contribution is 7.90. The smallest absolute Gasteiger partial charge is 0.475 e. The fraction of sp³-hybridized carbons (Fsp3) is 0.385. The van der Waals surface area contributed by atoms with Crippen LogP contribution in [0.1, 0.15) is 17.5 Å². The number of aliphatic carboxylic acids is 1. The van der Waals surface area contributed by atoms with E-state index in [0.29, 0.717) is 6.54 Å². The van der Waals surface area contributed by atoms with Crippen LogP contribution in [0.3, 0.4) is 0 Å². The molecule has 0 aromatic heterocycles. The monoisotopic (exact) mass is 352 g/mol. The standard InChI is InChI=1S/C11H14N2O2S.C2HF3O2/c1-16(14,15)11-7-9(3-2-6-12)4-5-10(11)8-13;3-2(4,5)1(6)7/h4-5,7H,2-3,6,12H2,1H3;(H,6,7). The van der Waals surface area contributed by atoms with Gasteiger partial charge in [-0.2, -0.15) is 18.4 Å². The molecule has 0 unspecified atom stereocenters. The van der Waals surface area contributed by atoms with E-state index in [1.165, 1.54) is 0 Å². The number of hydrogen-bond donors (Lipinski definition) is 2. The van der Waals surface area contributed by atoms with Crippen LogP contribution in [-0.4, -0.2) is 38.5 Å². The Kier molecular flexibility index (Phi) is 7.71. The van der Waals surface area contributed by atoms with Gasteiger partial charge in [0.1, 0.15) is 6.07 Å². The highest BCUT2D eigenvalue weighted by Crippen LogP contribution is 2.18. The lowest BCUT2D eigenvalue weighted by atomic mass is 10.1. The van der Waals surface area contributed by atoms with Gasteiger partial charge >= 0.3 is 12.1 Å². The van der Waals surface area contributed by atoms with Gasteiger partial charge in [0.2, 0.25) is 0 Å². The third-order valence-electron chi connectivity index (χ3n) is 2.48. The molecule has 0 fully saturated rings. The van der Waals surface area contributed by atoms with Crippen LogP contribution in [0.25, 0.3) is 0 Å². The molecular weight excluding hydrogens is 337 g/mol. The number of alkyl halides is 3. The summed E-state index contributed by atoms with van der Waals surface area (Å²) in [5.41, 5.74) is 6.47. The predicted molar refractivity (Wildman–Crippen MR) is 75.3 cm³/mol. The number of nitriles is 1. The zero-order valence-corrected chi connectivity index (χ0v) is 12.9. The minimum Gasteiger partial charge on any atom is -0.475 e. The molecule has 10 heteroatoms. The molecule has 23 heavy (non-hydrogen) atoms.